The zero-order valence-corrected chi connectivity index (χ0v) is 13.8. The minimum Gasteiger partial charge on any atom is -0.876 e. The molecule has 5 heteroatoms. The van der Waals surface area contributed by atoms with Crippen molar-refractivity contribution in [3.8, 4) is 11.3 Å². The van der Waals surface area contributed by atoms with E-state index < -0.39 is 0 Å². The molecule has 1 aliphatic carbocycles. The predicted octanol–water partition coefficient (Wildman–Crippen LogP) is 2.29. The molecule has 1 aromatic carbocycles. The van der Waals surface area contributed by atoms with Crippen molar-refractivity contribution >= 4 is 10.9 Å². The largest absolute Gasteiger partial charge is 0.876 e. The maximum absolute atomic E-state index is 12.7. The van der Waals surface area contributed by atoms with Gasteiger partial charge in [0.05, 0.1) is 5.39 Å². The maximum Gasteiger partial charge on any atom is 0.276 e. The summed E-state index contributed by atoms with van der Waals surface area (Å²) in [6.45, 7) is 4.09. The normalized spacial score (nSPS) is 13.9. The van der Waals surface area contributed by atoms with Gasteiger partial charge in [0, 0.05) is 18.3 Å². The summed E-state index contributed by atoms with van der Waals surface area (Å²) in [5, 5.41) is 16.5. The van der Waals surface area contributed by atoms with Crippen LogP contribution in [0.25, 0.3) is 22.2 Å². The molecule has 5 nitrogen and oxygen atoms in total. The first-order valence-electron chi connectivity index (χ1n) is 8.42. The van der Waals surface area contributed by atoms with Crippen LogP contribution in [0.2, 0.25) is 0 Å². The highest BCUT2D eigenvalue weighted by molar-refractivity contribution is 5.90. The summed E-state index contributed by atoms with van der Waals surface area (Å²) in [5.41, 5.74) is 2.91. The first-order chi connectivity index (χ1) is 12.1. The summed E-state index contributed by atoms with van der Waals surface area (Å²) < 4.78 is 1.57. The average Bonchev–Trinajstić information content (AvgIpc) is 3.41. The van der Waals surface area contributed by atoms with Crippen LogP contribution in [-0.2, 0) is 13.0 Å². The Kier molecular flexibility index (Phi) is 3.84. The lowest BCUT2D eigenvalue weighted by atomic mass is 10.0. The Labute approximate surface area is 145 Å². The number of aromatic nitrogens is 3. The second kappa shape index (κ2) is 6.16. The van der Waals surface area contributed by atoms with Crippen molar-refractivity contribution in [3.63, 3.8) is 0 Å². The zero-order valence-electron chi connectivity index (χ0n) is 13.8. The van der Waals surface area contributed by atoms with Crippen LogP contribution < -0.4 is 10.7 Å². The molecule has 1 fully saturated rings. The first kappa shape index (κ1) is 15.6. The third kappa shape index (κ3) is 3.18. The zero-order chi connectivity index (χ0) is 17.4. The number of rotatable bonds is 5. The standard InChI is InChI=1S/C20H19N3O2/c1-13(24)10-15-4-2-5-16(11-15)18-19-17(6-3-9-21-19)20(25)23(22-18)12-14-7-8-14/h2-6,9,11,14,24H,1,7-8,10,12H2/p-1. The molecule has 0 atom stereocenters. The molecular weight excluding hydrogens is 314 g/mol. The fourth-order valence-electron chi connectivity index (χ4n) is 3.04. The van der Waals surface area contributed by atoms with E-state index in [4.69, 9.17) is 0 Å². The summed E-state index contributed by atoms with van der Waals surface area (Å²) >= 11 is 0. The molecule has 25 heavy (non-hydrogen) atoms. The van der Waals surface area contributed by atoms with E-state index in [1.54, 1.807) is 23.0 Å². The maximum atomic E-state index is 12.7. The molecule has 0 aliphatic heterocycles. The van der Waals surface area contributed by atoms with Gasteiger partial charge in [-0.2, -0.15) is 5.10 Å². The summed E-state index contributed by atoms with van der Waals surface area (Å²) in [5.74, 6) is 0.411. The predicted molar refractivity (Wildman–Crippen MR) is 94.8 cm³/mol. The highest BCUT2D eigenvalue weighted by atomic mass is 16.3. The number of nitrogens with zero attached hydrogens (tertiary/aromatic N) is 3. The van der Waals surface area contributed by atoms with Crippen LogP contribution in [0.1, 0.15) is 18.4 Å². The number of allylic oxidation sites excluding steroid dienone is 1. The van der Waals surface area contributed by atoms with Gasteiger partial charge >= 0.3 is 0 Å². The number of hydrogen-bond acceptors (Lipinski definition) is 4. The van der Waals surface area contributed by atoms with Gasteiger partial charge in [0.1, 0.15) is 11.2 Å². The number of benzene rings is 1. The Hall–Kier alpha value is -2.95. The molecule has 0 N–H and O–H groups in total. The van der Waals surface area contributed by atoms with Crippen LogP contribution in [0.3, 0.4) is 0 Å². The van der Waals surface area contributed by atoms with Crippen LogP contribution in [0.5, 0.6) is 0 Å². The first-order valence-corrected chi connectivity index (χ1v) is 8.42. The molecule has 1 saturated carbocycles. The van der Waals surface area contributed by atoms with Crippen molar-refractivity contribution in [1.82, 2.24) is 14.8 Å². The van der Waals surface area contributed by atoms with Crippen LogP contribution in [0.4, 0.5) is 0 Å². The molecule has 3 aromatic rings. The topological polar surface area (TPSA) is 70.8 Å². The molecule has 0 spiro atoms. The Bertz CT molecular complexity index is 1020. The lowest BCUT2D eigenvalue weighted by Crippen LogP contribution is -2.25. The summed E-state index contributed by atoms with van der Waals surface area (Å²) in [7, 11) is 0. The molecule has 0 amide bonds. The van der Waals surface area contributed by atoms with Crippen molar-refractivity contribution in [3.05, 3.63) is 70.9 Å². The molecule has 0 bridgehead atoms. The van der Waals surface area contributed by atoms with E-state index in [1.807, 2.05) is 24.3 Å². The molecular formula is C20H18N3O2-. The van der Waals surface area contributed by atoms with Crippen molar-refractivity contribution in [1.29, 1.82) is 0 Å². The summed E-state index contributed by atoms with van der Waals surface area (Å²) in [6.07, 6.45) is 4.24. The number of pyridine rings is 1. The van der Waals surface area contributed by atoms with Crippen LogP contribution in [-0.4, -0.2) is 14.8 Å². The summed E-state index contributed by atoms with van der Waals surface area (Å²) in [6, 6.07) is 11.2. The van der Waals surface area contributed by atoms with Gasteiger partial charge in [0.15, 0.2) is 0 Å². The molecule has 1 aliphatic rings. The minimum absolute atomic E-state index is 0.0946. The number of fused-ring (bicyclic) bond motifs is 1. The van der Waals surface area contributed by atoms with Crippen molar-refractivity contribution in [2.75, 3.05) is 0 Å². The Balaban J connectivity index is 1.89. The van der Waals surface area contributed by atoms with E-state index in [0.717, 1.165) is 24.0 Å². The van der Waals surface area contributed by atoms with E-state index in [-0.39, 0.29) is 17.7 Å². The lowest BCUT2D eigenvalue weighted by molar-refractivity contribution is -0.304. The smallest absolute Gasteiger partial charge is 0.276 e. The van der Waals surface area contributed by atoms with Crippen LogP contribution in [0, 0.1) is 5.92 Å². The van der Waals surface area contributed by atoms with Crippen LogP contribution >= 0.6 is 0 Å². The monoisotopic (exact) mass is 332 g/mol. The number of hydrogen-bond donors (Lipinski definition) is 0. The van der Waals surface area contributed by atoms with Gasteiger partial charge in [0.25, 0.3) is 5.56 Å². The second-order valence-electron chi connectivity index (χ2n) is 6.59. The van der Waals surface area contributed by atoms with Crippen molar-refractivity contribution < 1.29 is 5.11 Å². The third-order valence-corrected chi connectivity index (χ3v) is 4.45. The quantitative estimate of drug-likeness (QED) is 0.672. The Morgan fingerprint density at radius 3 is 2.88 bits per heavy atom. The second-order valence-corrected chi connectivity index (χ2v) is 6.59. The van der Waals surface area contributed by atoms with Gasteiger partial charge in [0.2, 0.25) is 0 Å². The SMILES string of the molecule is C=C([O-])Cc1cccc(-c2nn(CC3CC3)c(=O)c3cccnc23)c1. The van der Waals surface area contributed by atoms with E-state index in [2.05, 4.69) is 16.7 Å². The highest BCUT2D eigenvalue weighted by Crippen LogP contribution is 2.31. The highest BCUT2D eigenvalue weighted by Gasteiger charge is 2.24. The fourth-order valence-corrected chi connectivity index (χ4v) is 3.04. The molecule has 2 heterocycles. The van der Waals surface area contributed by atoms with Gasteiger partial charge in [-0.3, -0.25) is 9.78 Å². The molecule has 4 rings (SSSR count). The molecule has 126 valence electrons. The van der Waals surface area contributed by atoms with Gasteiger partial charge in [-0.05, 0) is 48.9 Å². The Morgan fingerprint density at radius 2 is 2.12 bits per heavy atom. The molecule has 2 aromatic heterocycles. The van der Waals surface area contributed by atoms with E-state index in [9.17, 15) is 9.90 Å². The molecule has 0 saturated heterocycles. The van der Waals surface area contributed by atoms with Crippen molar-refractivity contribution in [2.24, 2.45) is 5.92 Å². The third-order valence-electron chi connectivity index (χ3n) is 4.45. The van der Waals surface area contributed by atoms with Gasteiger partial charge < -0.3 is 5.11 Å². The molecule has 0 radical (unpaired) electrons. The van der Waals surface area contributed by atoms with E-state index in [0.29, 0.717) is 29.1 Å². The molecule has 0 unspecified atom stereocenters. The van der Waals surface area contributed by atoms with E-state index >= 15 is 0 Å². The fraction of sp³-hybridized carbons (Fsp3) is 0.250. The van der Waals surface area contributed by atoms with Crippen LogP contribution in [0.15, 0.2) is 59.7 Å². The average molecular weight is 332 g/mol. The van der Waals surface area contributed by atoms with Gasteiger partial charge in [-0.25, -0.2) is 4.68 Å². The summed E-state index contributed by atoms with van der Waals surface area (Å²) in [4.78, 5) is 17.1. The van der Waals surface area contributed by atoms with Gasteiger partial charge in [-0.1, -0.05) is 18.2 Å². The Morgan fingerprint density at radius 1 is 1.28 bits per heavy atom. The van der Waals surface area contributed by atoms with Crippen molar-refractivity contribution in [2.45, 2.75) is 25.8 Å². The lowest BCUT2D eigenvalue weighted by Gasteiger charge is -2.12. The van der Waals surface area contributed by atoms with E-state index in [1.165, 1.54) is 0 Å². The minimum atomic E-state index is -0.133. The van der Waals surface area contributed by atoms with Gasteiger partial charge in [-0.15, -0.1) is 12.3 Å².